The van der Waals surface area contributed by atoms with Gasteiger partial charge in [-0.05, 0) is 13.8 Å². The third-order valence-electron chi connectivity index (χ3n) is 1.21. The van der Waals surface area contributed by atoms with Crippen LogP contribution in [0.15, 0.2) is 0 Å². The van der Waals surface area contributed by atoms with E-state index < -0.39 is 28.4 Å². The lowest BCUT2D eigenvalue weighted by atomic mass is 10.1. The van der Waals surface area contributed by atoms with Crippen LogP contribution in [0.5, 0.6) is 0 Å². The summed E-state index contributed by atoms with van der Waals surface area (Å²) in [4.78, 5) is 10.6. The van der Waals surface area contributed by atoms with E-state index in [1.807, 2.05) is 0 Å². The molecule has 84 valence electrons. The van der Waals surface area contributed by atoms with Gasteiger partial charge in [0.05, 0.1) is 19.3 Å². The van der Waals surface area contributed by atoms with Crippen molar-refractivity contribution in [2.75, 3.05) is 13.7 Å². The van der Waals surface area contributed by atoms with Crippen LogP contribution in [-0.2, 0) is 14.9 Å². The Morgan fingerprint density at radius 3 is 2.36 bits per heavy atom. The van der Waals surface area contributed by atoms with E-state index in [1.165, 1.54) is 13.8 Å². The minimum atomic E-state index is -4.00. The Bertz CT molecular complexity index is 297. The highest BCUT2D eigenvalue weighted by Crippen LogP contribution is 2.01. The third kappa shape index (κ3) is 5.00. The van der Waals surface area contributed by atoms with E-state index in [2.05, 4.69) is 9.46 Å². The number of nitrogens with one attached hydrogen (secondary N) is 2. The Labute approximate surface area is 82.6 Å². The largest absolute Gasteiger partial charge is 0.452 e. The molecule has 14 heavy (non-hydrogen) atoms. The van der Waals surface area contributed by atoms with Crippen LogP contribution < -0.4 is 9.44 Å². The molecule has 0 spiro atoms. The molecule has 0 fully saturated rings. The maximum absolute atomic E-state index is 11.1. The van der Waals surface area contributed by atoms with Crippen LogP contribution >= 0.6 is 0 Å². The number of methoxy groups -OCH3 is 1. The van der Waals surface area contributed by atoms with Gasteiger partial charge in [0, 0.05) is 0 Å². The van der Waals surface area contributed by atoms with Crippen molar-refractivity contribution in [3.05, 3.63) is 0 Å². The van der Waals surface area contributed by atoms with E-state index >= 15 is 0 Å². The first-order valence-electron chi connectivity index (χ1n) is 3.73. The highest BCUT2D eigenvalue weighted by molar-refractivity contribution is 7.88. The molecule has 0 aliphatic carbocycles. The summed E-state index contributed by atoms with van der Waals surface area (Å²) in [6, 6.07) is 0. The zero-order chi connectivity index (χ0) is 11.4. The van der Waals surface area contributed by atoms with Crippen LogP contribution in [-0.4, -0.2) is 38.9 Å². The molecule has 0 saturated carbocycles. The summed E-state index contributed by atoms with van der Waals surface area (Å²) in [6.45, 7) is 2.53. The normalized spacial score (nSPS) is 12.3. The summed E-state index contributed by atoms with van der Waals surface area (Å²) in [5.74, 6) is 0. The van der Waals surface area contributed by atoms with E-state index in [0.29, 0.717) is 0 Å². The molecule has 0 atom stereocenters. The molecule has 0 aliphatic rings. The molecule has 0 aromatic heterocycles. The smallest absolute Gasteiger partial charge is 0.421 e. The predicted molar refractivity (Wildman–Crippen MR) is 48.8 cm³/mol. The van der Waals surface area contributed by atoms with Gasteiger partial charge in [0.1, 0.15) is 0 Å². The van der Waals surface area contributed by atoms with Crippen molar-refractivity contribution in [2.24, 2.45) is 0 Å². The number of aliphatic hydroxyl groups is 1. The Morgan fingerprint density at radius 2 is 2.00 bits per heavy atom. The SMILES string of the molecule is COC(=O)NS(=O)(=O)NC(C)(C)CO. The van der Waals surface area contributed by atoms with Gasteiger partial charge >= 0.3 is 16.3 Å². The maximum Gasteiger partial charge on any atom is 0.421 e. The van der Waals surface area contributed by atoms with Gasteiger partial charge in [-0.25, -0.2) is 9.52 Å². The molecule has 1 amide bonds. The van der Waals surface area contributed by atoms with Gasteiger partial charge in [-0.15, -0.1) is 0 Å². The lowest BCUT2D eigenvalue weighted by molar-refractivity contribution is 0.176. The second-order valence-corrected chi connectivity index (χ2v) is 4.66. The van der Waals surface area contributed by atoms with Crippen molar-refractivity contribution < 1.29 is 23.1 Å². The molecule has 0 aliphatic heterocycles. The number of hydrogen-bond acceptors (Lipinski definition) is 5. The maximum atomic E-state index is 11.1. The highest BCUT2D eigenvalue weighted by atomic mass is 32.2. The quantitative estimate of drug-likeness (QED) is 0.567. The first-order valence-corrected chi connectivity index (χ1v) is 5.21. The first-order chi connectivity index (χ1) is 6.22. The van der Waals surface area contributed by atoms with E-state index in [4.69, 9.17) is 5.11 Å². The second kappa shape index (κ2) is 4.58. The minimum absolute atomic E-state index is 0.394. The summed E-state index contributed by atoms with van der Waals surface area (Å²) >= 11 is 0. The Kier molecular flexibility index (Phi) is 4.30. The lowest BCUT2D eigenvalue weighted by Gasteiger charge is -2.22. The summed E-state index contributed by atoms with van der Waals surface area (Å²) in [5, 5.41) is 8.78. The molecule has 0 saturated heterocycles. The fourth-order valence-electron chi connectivity index (χ4n) is 0.573. The van der Waals surface area contributed by atoms with Crippen molar-refractivity contribution in [2.45, 2.75) is 19.4 Å². The molecule has 0 rings (SSSR count). The fourth-order valence-corrected chi connectivity index (χ4v) is 1.72. The standard InChI is InChI=1S/C6H14N2O5S/c1-6(2,4-9)8-14(11,12)7-5(10)13-3/h8-9H,4H2,1-3H3,(H,7,10). The van der Waals surface area contributed by atoms with E-state index in [1.54, 1.807) is 4.72 Å². The zero-order valence-corrected chi connectivity index (χ0v) is 9.01. The van der Waals surface area contributed by atoms with Gasteiger partial charge in [-0.3, -0.25) is 0 Å². The average molecular weight is 226 g/mol. The van der Waals surface area contributed by atoms with Gasteiger partial charge < -0.3 is 9.84 Å². The Hall–Kier alpha value is -0.860. The number of carbonyl (C=O) groups is 1. The van der Waals surface area contributed by atoms with Crippen LogP contribution in [0, 0.1) is 0 Å². The predicted octanol–water partition coefficient (Wildman–Crippen LogP) is -1.05. The number of ether oxygens (including phenoxy) is 1. The molecule has 0 radical (unpaired) electrons. The highest BCUT2D eigenvalue weighted by Gasteiger charge is 2.25. The van der Waals surface area contributed by atoms with Gasteiger partial charge in [0.25, 0.3) is 0 Å². The van der Waals surface area contributed by atoms with Crippen LogP contribution in [0.2, 0.25) is 0 Å². The summed E-state index contributed by atoms with van der Waals surface area (Å²) in [6.07, 6.45) is -1.09. The molecule has 8 heteroatoms. The molecule has 0 aromatic carbocycles. The molecule has 0 aromatic rings. The van der Waals surface area contributed by atoms with Gasteiger partial charge in [0.2, 0.25) is 0 Å². The molecule has 0 heterocycles. The topological polar surface area (TPSA) is 105 Å². The van der Waals surface area contributed by atoms with Crippen LogP contribution in [0.25, 0.3) is 0 Å². The summed E-state index contributed by atoms with van der Waals surface area (Å²) in [7, 11) is -2.95. The Balaban J connectivity index is 4.44. The molecular formula is C6H14N2O5S. The van der Waals surface area contributed by atoms with Crippen molar-refractivity contribution in [3.8, 4) is 0 Å². The number of carbonyl (C=O) groups excluding carboxylic acids is 1. The van der Waals surface area contributed by atoms with E-state index in [9.17, 15) is 13.2 Å². The van der Waals surface area contributed by atoms with Crippen LogP contribution in [0.1, 0.15) is 13.8 Å². The van der Waals surface area contributed by atoms with Crippen LogP contribution in [0.4, 0.5) is 4.79 Å². The van der Waals surface area contributed by atoms with Gasteiger partial charge in [-0.1, -0.05) is 0 Å². The van der Waals surface area contributed by atoms with Gasteiger partial charge in [-0.2, -0.15) is 13.1 Å². The second-order valence-electron chi connectivity index (χ2n) is 3.24. The summed E-state index contributed by atoms with van der Waals surface area (Å²) in [5.41, 5.74) is -1.04. The fraction of sp³-hybridized carbons (Fsp3) is 0.833. The van der Waals surface area contributed by atoms with Crippen molar-refractivity contribution in [1.29, 1.82) is 0 Å². The molecule has 3 N–H and O–H groups in total. The van der Waals surface area contributed by atoms with Crippen molar-refractivity contribution in [3.63, 3.8) is 0 Å². The van der Waals surface area contributed by atoms with Crippen LogP contribution in [0.3, 0.4) is 0 Å². The number of hydrogen-bond donors (Lipinski definition) is 3. The average Bonchev–Trinajstić information content (AvgIpc) is 2.01. The van der Waals surface area contributed by atoms with Gasteiger partial charge in [0.15, 0.2) is 0 Å². The minimum Gasteiger partial charge on any atom is -0.452 e. The number of aliphatic hydroxyl groups excluding tert-OH is 1. The van der Waals surface area contributed by atoms with Crippen molar-refractivity contribution >= 4 is 16.3 Å². The van der Waals surface area contributed by atoms with E-state index in [0.717, 1.165) is 7.11 Å². The third-order valence-corrected chi connectivity index (χ3v) is 2.47. The number of amides is 1. The molecule has 0 unspecified atom stereocenters. The number of rotatable bonds is 4. The molecule has 0 bridgehead atoms. The summed E-state index contributed by atoms with van der Waals surface area (Å²) < 4.78 is 30.0. The molecule has 7 nitrogen and oxygen atoms in total. The van der Waals surface area contributed by atoms with Crippen molar-refractivity contribution in [1.82, 2.24) is 9.44 Å². The monoisotopic (exact) mass is 226 g/mol. The lowest BCUT2D eigenvalue weighted by Crippen LogP contribution is -2.52. The van der Waals surface area contributed by atoms with E-state index in [-0.39, 0.29) is 0 Å². The first kappa shape index (κ1) is 13.1. The zero-order valence-electron chi connectivity index (χ0n) is 8.20. The Morgan fingerprint density at radius 1 is 1.50 bits per heavy atom. The molecular weight excluding hydrogens is 212 g/mol.